The van der Waals surface area contributed by atoms with Crippen molar-refractivity contribution in [2.45, 2.75) is 58.3 Å². The molecule has 4 aliphatic carbocycles. The molecule has 20 heavy (non-hydrogen) atoms. The Bertz CT molecular complexity index is 416. The molecule has 114 valence electrons. The molecule has 0 aromatic heterocycles. The summed E-state index contributed by atoms with van der Waals surface area (Å²) >= 11 is 0. The predicted molar refractivity (Wildman–Crippen MR) is 75.4 cm³/mol. The lowest BCUT2D eigenvalue weighted by Crippen LogP contribution is -2.60. The van der Waals surface area contributed by atoms with Crippen molar-refractivity contribution in [3.63, 3.8) is 0 Å². The van der Waals surface area contributed by atoms with E-state index in [-0.39, 0.29) is 17.4 Å². The summed E-state index contributed by atoms with van der Waals surface area (Å²) in [4.78, 5) is 15.4. The molecule has 0 aromatic carbocycles. The van der Waals surface area contributed by atoms with Gasteiger partial charge >= 0.3 is 0 Å². The van der Waals surface area contributed by atoms with Crippen molar-refractivity contribution >= 4 is 0 Å². The number of rotatable bonds is 6. The van der Waals surface area contributed by atoms with E-state index in [1.165, 1.54) is 32.1 Å². The molecule has 4 saturated carbocycles. The predicted octanol–water partition coefficient (Wildman–Crippen LogP) is 2.91. The summed E-state index contributed by atoms with van der Waals surface area (Å²) in [5.41, 5.74) is 6.75. The fraction of sp³-hybridized carbons (Fsp3) is 1.00. The van der Waals surface area contributed by atoms with Crippen LogP contribution in [0.5, 0.6) is 0 Å². The molecule has 4 fully saturated rings. The Morgan fingerprint density at radius 2 is 1.80 bits per heavy atom. The Labute approximate surface area is 120 Å². The highest BCUT2D eigenvalue weighted by atomic mass is 16.9. The maximum Gasteiger partial charge on any atom is 0.294 e. The fourth-order valence-electron chi connectivity index (χ4n) is 6.45. The van der Waals surface area contributed by atoms with Gasteiger partial charge in [0.1, 0.15) is 6.61 Å². The quantitative estimate of drug-likeness (QED) is 0.600. The molecule has 2 N–H and O–H groups in total. The van der Waals surface area contributed by atoms with E-state index >= 15 is 0 Å². The molecule has 4 atom stereocenters. The third-order valence-corrected chi connectivity index (χ3v) is 6.10. The van der Waals surface area contributed by atoms with Gasteiger partial charge in [0.15, 0.2) is 0 Å². The van der Waals surface area contributed by atoms with E-state index in [0.717, 1.165) is 25.8 Å². The van der Waals surface area contributed by atoms with Crippen LogP contribution < -0.4 is 5.73 Å². The molecular weight excluding hydrogens is 256 g/mol. The van der Waals surface area contributed by atoms with E-state index in [2.05, 4.69) is 6.92 Å². The largest absolute Gasteiger partial charge is 0.330 e. The van der Waals surface area contributed by atoms with E-state index < -0.39 is 5.09 Å². The molecule has 5 heteroatoms. The van der Waals surface area contributed by atoms with Crippen LogP contribution in [-0.2, 0) is 4.84 Å². The minimum Gasteiger partial charge on any atom is -0.330 e. The maximum absolute atomic E-state index is 10.6. The van der Waals surface area contributed by atoms with Crippen LogP contribution in [0.2, 0.25) is 0 Å². The first kappa shape index (κ1) is 14.1. The van der Waals surface area contributed by atoms with Crippen LogP contribution in [0.15, 0.2) is 0 Å². The Balaban J connectivity index is 1.87. The van der Waals surface area contributed by atoms with Gasteiger partial charge in [-0.1, -0.05) is 13.3 Å². The highest BCUT2D eigenvalue weighted by Crippen LogP contribution is 2.70. The minimum absolute atomic E-state index is 0.0149. The van der Waals surface area contributed by atoms with Crippen molar-refractivity contribution in [3.05, 3.63) is 10.1 Å². The second kappa shape index (κ2) is 4.58. The van der Waals surface area contributed by atoms with Gasteiger partial charge in [-0.15, -0.1) is 10.1 Å². The highest BCUT2D eigenvalue weighted by molar-refractivity contribution is 5.12. The van der Waals surface area contributed by atoms with Gasteiger partial charge < -0.3 is 10.6 Å². The first-order chi connectivity index (χ1) is 9.44. The van der Waals surface area contributed by atoms with Crippen LogP contribution in [0.3, 0.4) is 0 Å². The Hall–Kier alpha value is -0.840. The SMILES string of the molecule is CCCC12CC3CC(CN)(C1)CC(CO[N+](=O)[O-])(C3)C2. The topological polar surface area (TPSA) is 78.4 Å². The molecule has 0 spiro atoms. The van der Waals surface area contributed by atoms with Gasteiger partial charge in [-0.3, -0.25) is 0 Å². The third-order valence-electron chi connectivity index (χ3n) is 6.10. The second-order valence-electron chi connectivity index (χ2n) is 7.96. The summed E-state index contributed by atoms with van der Waals surface area (Å²) in [5, 5.41) is 9.98. The van der Waals surface area contributed by atoms with Crippen molar-refractivity contribution in [2.75, 3.05) is 13.2 Å². The fourth-order valence-corrected chi connectivity index (χ4v) is 6.45. The first-order valence-corrected chi connectivity index (χ1v) is 7.92. The summed E-state index contributed by atoms with van der Waals surface area (Å²) in [6.07, 6.45) is 9.46. The number of hydrogen-bond acceptors (Lipinski definition) is 4. The van der Waals surface area contributed by atoms with Crippen LogP contribution in [0.1, 0.15) is 58.3 Å². The van der Waals surface area contributed by atoms with E-state index in [1.54, 1.807) is 0 Å². The minimum atomic E-state index is -0.625. The molecule has 4 rings (SSSR count). The molecule has 4 unspecified atom stereocenters. The van der Waals surface area contributed by atoms with Crippen LogP contribution in [0, 0.1) is 32.3 Å². The van der Waals surface area contributed by atoms with Crippen molar-refractivity contribution < 1.29 is 9.92 Å². The van der Waals surface area contributed by atoms with Gasteiger partial charge in [-0.25, -0.2) is 0 Å². The zero-order chi connectivity index (χ0) is 14.4. The molecule has 0 aliphatic heterocycles. The Morgan fingerprint density at radius 1 is 1.20 bits per heavy atom. The average molecular weight is 282 g/mol. The van der Waals surface area contributed by atoms with E-state index in [9.17, 15) is 10.1 Å². The van der Waals surface area contributed by atoms with E-state index in [0.29, 0.717) is 11.3 Å². The highest BCUT2D eigenvalue weighted by Gasteiger charge is 2.62. The smallest absolute Gasteiger partial charge is 0.294 e. The zero-order valence-electron chi connectivity index (χ0n) is 12.4. The molecule has 0 aromatic rings. The van der Waals surface area contributed by atoms with Crippen LogP contribution in [0.4, 0.5) is 0 Å². The summed E-state index contributed by atoms with van der Waals surface area (Å²) in [5.74, 6) is 0.705. The maximum atomic E-state index is 10.6. The van der Waals surface area contributed by atoms with Crippen LogP contribution in [0.25, 0.3) is 0 Å². The molecule has 5 nitrogen and oxygen atoms in total. The lowest BCUT2D eigenvalue weighted by atomic mass is 9.39. The summed E-state index contributed by atoms with van der Waals surface area (Å²) in [6, 6.07) is 0. The number of nitrogens with zero attached hydrogens (tertiary/aromatic N) is 1. The monoisotopic (exact) mass is 282 g/mol. The summed E-state index contributed by atoms with van der Waals surface area (Å²) in [7, 11) is 0. The third kappa shape index (κ3) is 2.20. The normalized spacial score (nSPS) is 45.6. The molecular formula is C15H26N2O3. The van der Waals surface area contributed by atoms with Crippen LogP contribution >= 0.6 is 0 Å². The van der Waals surface area contributed by atoms with Gasteiger partial charge in [0.2, 0.25) is 0 Å². The van der Waals surface area contributed by atoms with E-state index in [4.69, 9.17) is 10.6 Å². The number of nitrogens with two attached hydrogens (primary N) is 1. The zero-order valence-corrected chi connectivity index (χ0v) is 12.4. The van der Waals surface area contributed by atoms with Gasteiger partial charge in [0, 0.05) is 0 Å². The molecule has 4 aliphatic rings. The Kier molecular flexibility index (Phi) is 3.23. The molecule has 0 heterocycles. The summed E-state index contributed by atoms with van der Waals surface area (Å²) < 4.78 is 0. The molecule has 4 bridgehead atoms. The summed E-state index contributed by atoms with van der Waals surface area (Å²) in [6.45, 7) is 3.26. The molecule has 0 amide bonds. The van der Waals surface area contributed by atoms with Gasteiger partial charge in [-0.2, -0.15) is 0 Å². The van der Waals surface area contributed by atoms with Gasteiger partial charge in [0.25, 0.3) is 5.09 Å². The molecule has 0 saturated heterocycles. The average Bonchev–Trinajstić information content (AvgIpc) is 2.35. The lowest BCUT2D eigenvalue weighted by Gasteiger charge is -2.66. The van der Waals surface area contributed by atoms with E-state index in [1.807, 2.05) is 0 Å². The van der Waals surface area contributed by atoms with Crippen molar-refractivity contribution in [1.29, 1.82) is 0 Å². The lowest BCUT2D eigenvalue weighted by molar-refractivity contribution is -0.761. The van der Waals surface area contributed by atoms with Gasteiger partial charge in [0.05, 0.1) is 0 Å². The Morgan fingerprint density at radius 3 is 2.45 bits per heavy atom. The number of hydrogen-bond donors (Lipinski definition) is 1. The second-order valence-corrected chi connectivity index (χ2v) is 7.96. The van der Waals surface area contributed by atoms with Crippen molar-refractivity contribution in [3.8, 4) is 0 Å². The van der Waals surface area contributed by atoms with Gasteiger partial charge in [-0.05, 0) is 73.7 Å². The van der Waals surface area contributed by atoms with Crippen LogP contribution in [-0.4, -0.2) is 18.2 Å². The first-order valence-electron chi connectivity index (χ1n) is 7.92. The van der Waals surface area contributed by atoms with Crippen molar-refractivity contribution in [2.24, 2.45) is 27.9 Å². The molecule has 0 radical (unpaired) electrons. The standard InChI is InChI=1S/C15H26N2O3/c1-2-3-13-4-12-5-14(7-13,10-16)9-15(6-12,8-13)11-20-17(18)19/h12H,2-11,16H2,1H3. The van der Waals surface area contributed by atoms with Crippen molar-refractivity contribution in [1.82, 2.24) is 0 Å².